The SMILES string of the molecule is NC(CN(Cc1cccs1)C1CC1)c1cccs1. The van der Waals surface area contributed by atoms with Crippen molar-refractivity contribution in [3.63, 3.8) is 0 Å². The summed E-state index contributed by atoms with van der Waals surface area (Å²) in [6, 6.07) is 9.50. The number of nitrogens with two attached hydrogens (primary N) is 1. The highest BCUT2D eigenvalue weighted by Crippen LogP contribution is 2.31. The first-order valence-corrected chi connectivity index (χ1v) is 8.14. The predicted octanol–water partition coefficient (Wildman–Crippen LogP) is 3.47. The Morgan fingerprint density at radius 3 is 2.61 bits per heavy atom. The minimum atomic E-state index is 0.158. The summed E-state index contributed by atoms with van der Waals surface area (Å²) in [6.45, 7) is 2.03. The van der Waals surface area contributed by atoms with E-state index in [1.165, 1.54) is 22.6 Å². The summed E-state index contributed by atoms with van der Waals surface area (Å²) in [7, 11) is 0. The molecule has 1 fully saturated rings. The zero-order valence-electron chi connectivity index (χ0n) is 10.3. The van der Waals surface area contributed by atoms with Crippen molar-refractivity contribution in [2.45, 2.75) is 31.5 Å². The van der Waals surface area contributed by atoms with Crippen molar-refractivity contribution in [2.75, 3.05) is 6.54 Å². The maximum Gasteiger partial charge on any atom is 0.0519 e. The van der Waals surface area contributed by atoms with Crippen molar-refractivity contribution in [1.29, 1.82) is 0 Å². The molecule has 4 heteroatoms. The van der Waals surface area contributed by atoms with Gasteiger partial charge >= 0.3 is 0 Å². The molecular formula is C14H18N2S2. The molecule has 2 nitrogen and oxygen atoms in total. The molecule has 1 atom stereocenters. The van der Waals surface area contributed by atoms with Crippen molar-refractivity contribution in [3.8, 4) is 0 Å². The normalized spacial score (nSPS) is 17.2. The highest BCUT2D eigenvalue weighted by Gasteiger charge is 2.30. The van der Waals surface area contributed by atoms with E-state index in [1.807, 2.05) is 11.3 Å². The molecule has 2 N–H and O–H groups in total. The van der Waals surface area contributed by atoms with Gasteiger partial charge in [0.05, 0.1) is 6.04 Å². The van der Waals surface area contributed by atoms with Gasteiger partial charge in [-0.15, -0.1) is 22.7 Å². The molecule has 0 bridgehead atoms. The first kappa shape index (κ1) is 12.4. The molecule has 96 valence electrons. The summed E-state index contributed by atoms with van der Waals surface area (Å²) in [5.41, 5.74) is 6.31. The fourth-order valence-electron chi connectivity index (χ4n) is 2.23. The molecular weight excluding hydrogens is 260 g/mol. The molecule has 0 aliphatic heterocycles. The van der Waals surface area contributed by atoms with Crippen LogP contribution in [0.5, 0.6) is 0 Å². The smallest absolute Gasteiger partial charge is 0.0519 e. The molecule has 2 heterocycles. The summed E-state index contributed by atoms with van der Waals surface area (Å²) in [5.74, 6) is 0. The van der Waals surface area contributed by atoms with Crippen molar-refractivity contribution >= 4 is 22.7 Å². The van der Waals surface area contributed by atoms with Crippen LogP contribution in [0.15, 0.2) is 35.0 Å². The average Bonchev–Trinajstić information content (AvgIpc) is 2.88. The lowest BCUT2D eigenvalue weighted by molar-refractivity contribution is 0.242. The lowest BCUT2D eigenvalue weighted by Crippen LogP contribution is -2.33. The third-order valence-corrected chi connectivity index (χ3v) is 5.21. The lowest BCUT2D eigenvalue weighted by atomic mass is 10.2. The van der Waals surface area contributed by atoms with Gasteiger partial charge in [0.25, 0.3) is 0 Å². The second kappa shape index (κ2) is 5.53. The Kier molecular flexibility index (Phi) is 3.80. The molecule has 1 saturated carbocycles. The molecule has 0 spiro atoms. The number of hydrogen-bond acceptors (Lipinski definition) is 4. The topological polar surface area (TPSA) is 29.3 Å². The molecule has 0 aromatic carbocycles. The van der Waals surface area contributed by atoms with E-state index in [0.717, 1.165) is 19.1 Å². The number of hydrogen-bond donors (Lipinski definition) is 1. The Morgan fingerprint density at radius 2 is 2.00 bits per heavy atom. The Morgan fingerprint density at radius 1 is 1.22 bits per heavy atom. The Labute approximate surface area is 116 Å². The maximum absolute atomic E-state index is 6.31. The molecule has 0 saturated heterocycles. The van der Waals surface area contributed by atoms with Gasteiger partial charge in [0.15, 0.2) is 0 Å². The average molecular weight is 278 g/mol. The third-order valence-electron chi connectivity index (χ3n) is 3.34. The molecule has 2 aromatic heterocycles. The third kappa shape index (κ3) is 3.01. The molecule has 0 amide bonds. The zero-order valence-corrected chi connectivity index (χ0v) is 11.9. The van der Waals surface area contributed by atoms with Crippen LogP contribution in [0.1, 0.15) is 28.6 Å². The zero-order chi connectivity index (χ0) is 12.4. The molecule has 2 aromatic rings. The van der Waals surface area contributed by atoms with Crippen molar-refractivity contribution in [1.82, 2.24) is 4.90 Å². The van der Waals surface area contributed by atoms with Crippen molar-refractivity contribution in [2.24, 2.45) is 5.73 Å². The van der Waals surface area contributed by atoms with Gasteiger partial charge in [0.1, 0.15) is 0 Å². The minimum Gasteiger partial charge on any atom is -0.322 e. The molecule has 0 radical (unpaired) electrons. The van der Waals surface area contributed by atoms with Gasteiger partial charge in [0, 0.05) is 28.9 Å². The Balaban J connectivity index is 1.63. The van der Waals surface area contributed by atoms with E-state index in [4.69, 9.17) is 5.73 Å². The number of nitrogens with zero attached hydrogens (tertiary/aromatic N) is 1. The van der Waals surface area contributed by atoms with Gasteiger partial charge in [0.2, 0.25) is 0 Å². The predicted molar refractivity (Wildman–Crippen MR) is 79.0 cm³/mol. The van der Waals surface area contributed by atoms with E-state index in [2.05, 4.69) is 39.9 Å². The summed E-state index contributed by atoms with van der Waals surface area (Å²) in [6.07, 6.45) is 2.67. The van der Waals surface area contributed by atoms with Crippen molar-refractivity contribution < 1.29 is 0 Å². The van der Waals surface area contributed by atoms with Gasteiger partial charge in [-0.2, -0.15) is 0 Å². The number of rotatable bonds is 6. The van der Waals surface area contributed by atoms with Crippen molar-refractivity contribution in [3.05, 3.63) is 44.8 Å². The second-order valence-electron chi connectivity index (χ2n) is 4.86. The van der Waals surface area contributed by atoms with Gasteiger partial charge < -0.3 is 5.73 Å². The van der Waals surface area contributed by atoms with Crippen LogP contribution >= 0.6 is 22.7 Å². The molecule has 1 unspecified atom stereocenters. The van der Waals surface area contributed by atoms with Crippen LogP contribution in [-0.2, 0) is 6.54 Å². The van der Waals surface area contributed by atoms with Crippen LogP contribution in [0.25, 0.3) is 0 Å². The number of thiophene rings is 2. The van der Waals surface area contributed by atoms with Crippen LogP contribution in [0.4, 0.5) is 0 Å². The Bertz CT molecular complexity index is 460. The minimum absolute atomic E-state index is 0.158. The quantitative estimate of drug-likeness (QED) is 0.876. The van der Waals surface area contributed by atoms with Crippen LogP contribution in [0.2, 0.25) is 0 Å². The largest absolute Gasteiger partial charge is 0.322 e. The van der Waals surface area contributed by atoms with Crippen LogP contribution in [0, 0.1) is 0 Å². The second-order valence-corrected chi connectivity index (χ2v) is 6.87. The summed E-state index contributed by atoms with van der Waals surface area (Å²) >= 11 is 3.61. The van der Waals surface area contributed by atoms with Gasteiger partial charge in [-0.05, 0) is 35.7 Å². The van der Waals surface area contributed by atoms with E-state index in [0.29, 0.717) is 0 Å². The molecule has 1 aliphatic rings. The van der Waals surface area contributed by atoms with E-state index < -0.39 is 0 Å². The fraction of sp³-hybridized carbons (Fsp3) is 0.429. The van der Waals surface area contributed by atoms with Crippen LogP contribution in [-0.4, -0.2) is 17.5 Å². The summed E-state index contributed by atoms with van der Waals surface area (Å²) < 4.78 is 0. The first-order chi connectivity index (χ1) is 8.83. The lowest BCUT2D eigenvalue weighted by Gasteiger charge is -2.24. The van der Waals surface area contributed by atoms with E-state index in [-0.39, 0.29) is 6.04 Å². The first-order valence-electron chi connectivity index (χ1n) is 6.38. The van der Waals surface area contributed by atoms with Gasteiger partial charge in [-0.1, -0.05) is 12.1 Å². The monoisotopic (exact) mass is 278 g/mol. The fourth-order valence-corrected chi connectivity index (χ4v) is 3.68. The standard InChI is InChI=1S/C14H18N2S2/c15-13(14-4-2-8-18-14)10-16(11-5-6-11)9-12-3-1-7-17-12/h1-4,7-8,11,13H,5-6,9-10,15H2. The van der Waals surface area contributed by atoms with Crippen LogP contribution < -0.4 is 5.73 Å². The molecule has 3 rings (SSSR count). The van der Waals surface area contributed by atoms with E-state index in [1.54, 1.807) is 11.3 Å². The molecule has 1 aliphatic carbocycles. The summed E-state index contributed by atoms with van der Waals surface area (Å²) in [4.78, 5) is 5.29. The summed E-state index contributed by atoms with van der Waals surface area (Å²) in [5, 5.41) is 4.26. The van der Waals surface area contributed by atoms with E-state index in [9.17, 15) is 0 Å². The van der Waals surface area contributed by atoms with Crippen LogP contribution in [0.3, 0.4) is 0 Å². The maximum atomic E-state index is 6.31. The van der Waals surface area contributed by atoms with E-state index >= 15 is 0 Å². The van der Waals surface area contributed by atoms with Gasteiger partial charge in [-0.25, -0.2) is 0 Å². The Hall–Kier alpha value is -0.680. The highest BCUT2D eigenvalue weighted by atomic mass is 32.1. The van der Waals surface area contributed by atoms with Gasteiger partial charge in [-0.3, -0.25) is 4.90 Å². The highest BCUT2D eigenvalue weighted by molar-refractivity contribution is 7.10. The molecule has 18 heavy (non-hydrogen) atoms.